The van der Waals surface area contributed by atoms with Crippen LogP contribution in [0.4, 0.5) is 0 Å². The summed E-state index contributed by atoms with van der Waals surface area (Å²) in [6, 6.07) is 0. The van der Waals surface area contributed by atoms with Crippen LogP contribution >= 0.6 is 0 Å². The van der Waals surface area contributed by atoms with Crippen molar-refractivity contribution in [2.45, 2.75) is 64.2 Å². The van der Waals surface area contributed by atoms with Crippen LogP contribution in [0.15, 0.2) is 24.3 Å². The van der Waals surface area contributed by atoms with Crippen molar-refractivity contribution < 1.29 is 20.4 Å². The van der Waals surface area contributed by atoms with E-state index < -0.39 is 0 Å². The average Bonchev–Trinajstić information content (AvgIpc) is 3.64. The standard InChI is InChI=1S/C28H28N2O4/c1-11-12(2)24(30-27(33)21-17-7-8-18(10-17)22(21)28(30)34)14(4)13(3)23(11)29-25(31)19-15-5-6-16(9-15)20(19)26(29)32/h5-8,15-18,31-34H,9-10H2,1-4H3/t15-,16+,17?,18?. The molecule has 6 heteroatoms. The Kier molecular flexibility index (Phi) is 3.58. The van der Waals surface area contributed by atoms with E-state index in [1.807, 2.05) is 27.7 Å². The minimum absolute atomic E-state index is 0.107. The van der Waals surface area contributed by atoms with E-state index >= 15 is 0 Å². The second kappa shape index (κ2) is 6.12. The molecule has 34 heavy (non-hydrogen) atoms. The molecule has 0 spiro atoms. The molecule has 4 aliphatic carbocycles. The average molecular weight is 457 g/mol. The van der Waals surface area contributed by atoms with Crippen LogP contribution in [-0.4, -0.2) is 29.6 Å². The fourth-order valence-electron chi connectivity index (χ4n) is 7.25. The van der Waals surface area contributed by atoms with Crippen LogP contribution in [0.2, 0.25) is 0 Å². The maximum absolute atomic E-state index is 11.2. The van der Waals surface area contributed by atoms with Crippen LogP contribution in [0, 0.1) is 27.7 Å². The number of rotatable bonds is 2. The Hall–Kier alpha value is -3.54. The minimum atomic E-state index is 0.107. The summed E-state index contributed by atoms with van der Waals surface area (Å²) in [5.41, 5.74) is 8.37. The predicted octanol–water partition coefficient (Wildman–Crippen LogP) is 5.61. The Labute approximate surface area is 197 Å². The topological polar surface area (TPSA) is 90.8 Å². The highest BCUT2D eigenvalue weighted by Crippen LogP contribution is 2.59. The van der Waals surface area contributed by atoms with Crippen molar-refractivity contribution in [1.82, 2.24) is 9.13 Å². The molecule has 2 unspecified atom stereocenters. The number of aromatic hydroxyl groups is 4. The predicted molar refractivity (Wildman–Crippen MR) is 129 cm³/mol. The van der Waals surface area contributed by atoms with Crippen molar-refractivity contribution in [1.29, 1.82) is 0 Å². The van der Waals surface area contributed by atoms with Crippen LogP contribution in [-0.2, 0) is 0 Å². The van der Waals surface area contributed by atoms with Crippen molar-refractivity contribution in [2.75, 3.05) is 0 Å². The molecule has 6 nitrogen and oxygen atoms in total. The molecule has 4 atom stereocenters. The Morgan fingerprint density at radius 2 is 0.735 bits per heavy atom. The highest BCUT2D eigenvalue weighted by molar-refractivity contribution is 5.72. The fourth-order valence-corrected chi connectivity index (χ4v) is 7.25. The zero-order valence-electron chi connectivity index (χ0n) is 19.7. The van der Waals surface area contributed by atoms with E-state index in [0.29, 0.717) is 0 Å². The van der Waals surface area contributed by atoms with Gasteiger partial charge in [0.05, 0.1) is 11.4 Å². The molecule has 4 aliphatic rings. The highest BCUT2D eigenvalue weighted by atomic mass is 16.3. The van der Waals surface area contributed by atoms with E-state index in [1.165, 1.54) is 0 Å². The molecule has 0 saturated heterocycles. The zero-order chi connectivity index (χ0) is 23.8. The largest absolute Gasteiger partial charge is 0.494 e. The van der Waals surface area contributed by atoms with Gasteiger partial charge in [-0.3, -0.25) is 9.13 Å². The van der Waals surface area contributed by atoms with Crippen LogP contribution in [0.1, 0.15) is 81.0 Å². The van der Waals surface area contributed by atoms with Crippen molar-refractivity contribution in [3.63, 3.8) is 0 Å². The maximum Gasteiger partial charge on any atom is 0.202 e. The number of nitrogens with zero attached hydrogens (tertiary/aromatic N) is 2. The molecular formula is C28H28N2O4. The van der Waals surface area contributed by atoms with E-state index in [4.69, 9.17) is 0 Å². The third-order valence-electron chi connectivity index (χ3n) is 9.03. The van der Waals surface area contributed by atoms with Crippen molar-refractivity contribution in [3.05, 3.63) is 68.8 Å². The lowest BCUT2D eigenvalue weighted by atomic mass is 9.95. The summed E-state index contributed by atoms with van der Waals surface area (Å²) in [4.78, 5) is 0. The van der Waals surface area contributed by atoms with Gasteiger partial charge in [-0.05, 0) is 62.8 Å². The summed E-state index contributed by atoms with van der Waals surface area (Å²) in [5, 5.41) is 44.9. The summed E-state index contributed by atoms with van der Waals surface area (Å²) in [6.45, 7) is 7.87. The second-order valence-corrected chi connectivity index (χ2v) is 10.5. The normalized spacial score (nSPS) is 25.1. The van der Waals surface area contributed by atoms with Crippen molar-refractivity contribution in [3.8, 4) is 34.9 Å². The Balaban J connectivity index is 1.47. The minimum Gasteiger partial charge on any atom is -0.494 e. The smallest absolute Gasteiger partial charge is 0.202 e. The molecule has 0 saturated carbocycles. The number of benzene rings is 1. The van der Waals surface area contributed by atoms with Crippen molar-refractivity contribution in [2.24, 2.45) is 0 Å². The zero-order valence-corrected chi connectivity index (χ0v) is 19.7. The van der Waals surface area contributed by atoms with E-state index in [1.54, 1.807) is 9.13 Å². The van der Waals surface area contributed by atoms with Gasteiger partial charge in [0.1, 0.15) is 0 Å². The Morgan fingerprint density at radius 1 is 0.500 bits per heavy atom. The van der Waals surface area contributed by atoms with Crippen molar-refractivity contribution >= 4 is 0 Å². The molecule has 2 aromatic heterocycles. The maximum atomic E-state index is 11.2. The molecule has 0 fully saturated rings. The van der Waals surface area contributed by atoms with Crippen LogP contribution in [0.3, 0.4) is 0 Å². The van der Waals surface area contributed by atoms with E-state index in [-0.39, 0.29) is 47.2 Å². The third-order valence-corrected chi connectivity index (χ3v) is 9.03. The Morgan fingerprint density at radius 3 is 0.971 bits per heavy atom. The summed E-state index contributed by atoms with van der Waals surface area (Å²) < 4.78 is 3.18. The number of hydrogen-bond donors (Lipinski definition) is 4. The van der Waals surface area contributed by atoms with Crippen LogP contribution < -0.4 is 0 Å². The molecule has 1 aromatic carbocycles. The number of hydrogen-bond acceptors (Lipinski definition) is 4. The number of aromatic nitrogens is 2. The van der Waals surface area contributed by atoms with Gasteiger partial charge in [-0.15, -0.1) is 0 Å². The van der Waals surface area contributed by atoms with Gasteiger partial charge in [0, 0.05) is 45.9 Å². The summed E-state index contributed by atoms with van der Waals surface area (Å²) >= 11 is 0. The van der Waals surface area contributed by atoms with Gasteiger partial charge in [0.25, 0.3) is 0 Å². The van der Waals surface area contributed by atoms with E-state index in [2.05, 4.69) is 24.3 Å². The number of allylic oxidation sites excluding steroid dienone is 4. The van der Waals surface area contributed by atoms with Crippen LogP contribution in [0.5, 0.6) is 23.5 Å². The molecule has 7 rings (SSSR count). The van der Waals surface area contributed by atoms with Gasteiger partial charge in [-0.1, -0.05) is 24.3 Å². The second-order valence-electron chi connectivity index (χ2n) is 10.5. The number of fused-ring (bicyclic) bond motifs is 10. The van der Waals surface area contributed by atoms with Gasteiger partial charge >= 0.3 is 0 Å². The third kappa shape index (κ3) is 2.04. The van der Waals surface area contributed by atoms with Crippen LogP contribution in [0.25, 0.3) is 11.4 Å². The van der Waals surface area contributed by atoms with Gasteiger partial charge in [0.2, 0.25) is 23.5 Å². The molecule has 0 amide bonds. The van der Waals surface area contributed by atoms with Gasteiger partial charge in [-0.2, -0.15) is 0 Å². The lowest BCUT2D eigenvalue weighted by Crippen LogP contribution is -2.10. The Bertz CT molecular complexity index is 1300. The summed E-state index contributed by atoms with van der Waals surface area (Å²) in [6.07, 6.45) is 10.3. The molecule has 0 aliphatic heterocycles. The summed E-state index contributed by atoms with van der Waals surface area (Å²) in [5.74, 6) is 1.02. The molecule has 0 radical (unpaired) electrons. The molecule has 4 N–H and O–H groups in total. The first kappa shape index (κ1) is 19.9. The first-order chi connectivity index (χ1) is 16.2. The van der Waals surface area contributed by atoms with E-state index in [9.17, 15) is 20.4 Å². The van der Waals surface area contributed by atoms with E-state index in [0.717, 1.165) is 68.7 Å². The molecule has 174 valence electrons. The molecular weight excluding hydrogens is 428 g/mol. The van der Waals surface area contributed by atoms with Gasteiger partial charge in [-0.25, -0.2) is 0 Å². The quantitative estimate of drug-likeness (QED) is 0.378. The molecule has 2 heterocycles. The first-order valence-corrected chi connectivity index (χ1v) is 12.0. The lowest BCUT2D eigenvalue weighted by Gasteiger charge is -2.24. The first-order valence-electron chi connectivity index (χ1n) is 12.0. The highest BCUT2D eigenvalue weighted by Gasteiger charge is 2.43. The fraction of sp³-hybridized carbons (Fsp3) is 0.357. The SMILES string of the molecule is Cc1c(C)c(-n2c(O)c3c(c2O)[C@H]2C=C[C@@H]3C2)c(C)c(C)c1-n1c(O)c2c(c1O)C1C=CC2C1. The van der Waals surface area contributed by atoms with Gasteiger partial charge < -0.3 is 20.4 Å². The summed E-state index contributed by atoms with van der Waals surface area (Å²) in [7, 11) is 0. The monoisotopic (exact) mass is 456 g/mol. The molecule has 3 aromatic rings. The van der Waals surface area contributed by atoms with Gasteiger partial charge in [0.15, 0.2) is 0 Å². The molecule has 4 bridgehead atoms. The lowest BCUT2D eigenvalue weighted by molar-refractivity contribution is 0.392.